The van der Waals surface area contributed by atoms with Crippen LogP contribution in [0.1, 0.15) is 32.3 Å². The number of urea groups is 1. The van der Waals surface area contributed by atoms with Crippen LogP contribution in [-0.2, 0) is 16.1 Å². The first-order valence-corrected chi connectivity index (χ1v) is 8.93. The zero-order valence-corrected chi connectivity index (χ0v) is 16.9. The van der Waals surface area contributed by atoms with E-state index >= 15 is 0 Å². The van der Waals surface area contributed by atoms with Crippen LogP contribution in [0.5, 0.6) is 17.2 Å². The Balaban J connectivity index is 1.86. The lowest BCUT2D eigenvalue weighted by molar-refractivity contribution is -0.130. The number of methoxy groups -OCH3 is 3. The van der Waals surface area contributed by atoms with Crippen LogP contribution < -0.4 is 24.8 Å². The molecule has 28 heavy (non-hydrogen) atoms. The number of carbonyl (C=O) groups is 3. The fraction of sp³-hybridized carbons (Fsp3) is 0.526. The molecule has 0 radical (unpaired) electrons. The van der Waals surface area contributed by atoms with Gasteiger partial charge in [0.05, 0.1) is 21.3 Å². The van der Waals surface area contributed by atoms with Crippen LogP contribution >= 0.6 is 0 Å². The minimum absolute atomic E-state index is 0.180. The molecule has 0 unspecified atom stereocenters. The Hall–Kier alpha value is -2.97. The van der Waals surface area contributed by atoms with Gasteiger partial charge in [0.1, 0.15) is 5.54 Å². The van der Waals surface area contributed by atoms with E-state index in [1.54, 1.807) is 26.0 Å². The largest absolute Gasteiger partial charge is 0.493 e. The van der Waals surface area contributed by atoms with E-state index in [2.05, 4.69) is 10.6 Å². The summed E-state index contributed by atoms with van der Waals surface area (Å²) in [4.78, 5) is 37.2. The molecule has 0 atom stereocenters. The molecule has 1 aliphatic heterocycles. The molecule has 0 bridgehead atoms. The first-order chi connectivity index (χ1) is 13.2. The van der Waals surface area contributed by atoms with Crippen molar-refractivity contribution in [2.75, 3.05) is 27.9 Å². The summed E-state index contributed by atoms with van der Waals surface area (Å²) >= 11 is 0. The molecule has 1 saturated heterocycles. The van der Waals surface area contributed by atoms with Crippen molar-refractivity contribution in [3.8, 4) is 17.2 Å². The molecule has 4 amide bonds. The number of carbonyl (C=O) groups excluding carboxylic acids is 3. The third-order valence-electron chi connectivity index (χ3n) is 4.44. The Morgan fingerprint density at radius 3 is 2.18 bits per heavy atom. The zero-order valence-electron chi connectivity index (χ0n) is 16.9. The molecule has 9 heteroatoms. The highest BCUT2D eigenvalue weighted by molar-refractivity contribution is 6.06. The summed E-state index contributed by atoms with van der Waals surface area (Å²) in [5.74, 6) is 1.03. The standard InChI is InChI=1S/C19H27N3O6/c1-19(2)17(24)22(18(25)21-19)8-6-7-15(23)20-11-12-9-13(26-3)16(28-5)14(10-12)27-4/h9-10H,6-8,11H2,1-5H3,(H,20,23)(H,21,25). The molecule has 0 spiro atoms. The van der Waals surface area contributed by atoms with Crippen molar-refractivity contribution in [2.45, 2.75) is 38.8 Å². The normalized spacial score (nSPS) is 15.2. The SMILES string of the molecule is COc1cc(CNC(=O)CCCN2C(=O)NC(C)(C)C2=O)cc(OC)c1OC. The van der Waals surface area contributed by atoms with Crippen molar-refractivity contribution in [3.63, 3.8) is 0 Å². The molecule has 0 aliphatic carbocycles. The molecule has 0 aromatic heterocycles. The highest BCUT2D eigenvalue weighted by Gasteiger charge is 2.43. The van der Waals surface area contributed by atoms with E-state index in [9.17, 15) is 14.4 Å². The topological polar surface area (TPSA) is 106 Å². The van der Waals surface area contributed by atoms with Gasteiger partial charge in [-0.2, -0.15) is 0 Å². The Labute approximate surface area is 164 Å². The van der Waals surface area contributed by atoms with Crippen LogP contribution in [0.3, 0.4) is 0 Å². The predicted octanol–water partition coefficient (Wildman–Crippen LogP) is 1.44. The Bertz CT molecular complexity index is 737. The highest BCUT2D eigenvalue weighted by atomic mass is 16.5. The van der Waals surface area contributed by atoms with E-state index in [1.165, 1.54) is 21.3 Å². The number of imide groups is 1. The molecule has 154 valence electrons. The number of rotatable bonds is 9. The second-order valence-electron chi connectivity index (χ2n) is 6.93. The maximum Gasteiger partial charge on any atom is 0.325 e. The number of nitrogens with one attached hydrogen (secondary N) is 2. The van der Waals surface area contributed by atoms with E-state index < -0.39 is 11.6 Å². The van der Waals surface area contributed by atoms with Gasteiger partial charge in [0.15, 0.2) is 11.5 Å². The molecule has 1 heterocycles. The molecule has 9 nitrogen and oxygen atoms in total. The molecule has 0 saturated carbocycles. The van der Waals surface area contributed by atoms with Crippen molar-refractivity contribution in [2.24, 2.45) is 0 Å². The van der Waals surface area contributed by atoms with E-state index in [-0.39, 0.29) is 31.3 Å². The number of hydrogen-bond acceptors (Lipinski definition) is 6. The second kappa shape index (κ2) is 8.81. The third kappa shape index (κ3) is 4.65. The first kappa shape index (κ1) is 21.3. The lowest BCUT2D eigenvalue weighted by Gasteiger charge is -2.16. The smallest absolute Gasteiger partial charge is 0.325 e. The van der Waals surface area contributed by atoms with Crippen LogP contribution in [0.25, 0.3) is 0 Å². The van der Waals surface area contributed by atoms with Gasteiger partial charge in [0.2, 0.25) is 11.7 Å². The summed E-state index contributed by atoms with van der Waals surface area (Å²) in [6, 6.07) is 3.10. The van der Waals surface area contributed by atoms with Gasteiger partial charge in [0.25, 0.3) is 5.91 Å². The summed E-state index contributed by atoms with van der Waals surface area (Å²) < 4.78 is 15.9. The van der Waals surface area contributed by atoms with E-state index in [0.29, 0.717) is 23.7 Å². The summed E-state index contributed by atoms with van der Waals surface area (Å²) in [6.45, 7) is 3.78. The lowest BCUT2D eigenvalue weighted by Crippen LogP contribution is -2.40. The van der Waals surface area contributed by atoms with E-state index in [0.717, 1.165) is 10.5 Å². The van der Waals surface area contributed by atoms with Gasteiger partial charge in [-0.3, -0.25) is 14.5 Å². The second-order valence-corrected chi connectivity index (χ2v) is 6.93. The van der Waals surface area contributed by atoms with Crippen molar-refractivity contribution in [1.29, 1.82) is 0 Å². The molecule has 1 aromatic carbocycles. The van der Waals surface area contributed by atoms with Gasteiger partial charge in [-0.05, 0) is 38.0 Å². The molecule has 1 fully saturated rings. The minimum atomic E-state index is -0.897. The molecule has 2 rings (SSSR count). The highest BCUT2D eigenvalue weighted by Crippen LogP contribution is 2.38. The maximum atomic E-state index is 12.1. The summed E-state index contributed by atoms with van der Waals surface area (Å²) in [6.07, 6.45) is 0.582. The molecular formula is C19H27N3O6. The van der Waals surface area contributed by atoms with Gasteiger partial charge in [-0.25, -0.2) is 4.79 Å². The van der Waals surface area contributed by atoms with Crippen LogP contribution in [0.2, 0.25) is 0 Å². The number of benzene rings is 1. The first-order valence-electron chi connectivity index (χ1n) is 8.93. The number of nitrogens with zero attached hydrogens (tertiary/aromatic N) is 1. The predicted molar refractivity (Wildman–Crippen MR) is 102 cm³/mol. The minimum Gasteiger partial charge on any atom is -0.493 e. The van der Waals surface area contributed by atoms with Crippen molar-refractivity contribution in [1.82, 2.24) is 15.5 Å². The van der Waals surface area contributed by atoms with Crippen molar-refractivity contribution in [3.05, 3.63) is 17.7 Å². The van der Waals surface area contributed by atoms with Crippen molar-refractivity contribution < 1.29 is 28.6 Å². The van der Waals surface area contributed by atoms with Crippen molar-refractivity contribution >= 4 is 17.8 Å². The summed E-state index contributed by atoms with van der Waals surface area (Å²) in [7, 11) is 4.57. The number of ether oxygens (including phenoxy) is 3. The Morgan fingerprint density at radius 2 is 1.71 bits per heavy atom. The fourth-order valence-corrected chi connectivity index (χ4v) is 2.95. The van der Waals surface area contributed by atoms with Gasteiger partial charge in [-0.1, -0.05) is 0 Å². The van der Waals surface area contributed by atoms with Crippen LogP contribution in [0, 0.1) is 0 Å². The summed E-state index contributed by atoms with van der Waals surface area (Å²) in [5, 5.41) is 5.42. The molecule has 2 N–H and O–H groups in total. The third-order valence-corrected chi connectivity index (χ3v) is 4.44. The Kier molecular flexibility index (Phi) is 6.71. The summed E-state index contributed by atoms with van der Waals surface area (Å²) in [5.41, 5.74) is -0.107. The van der Waals surface area contributed by atoms with Gasteiger partial charge >= 0.3 is 6.03 Å². The monoisotopic (exact) mass is 393 g/mol. The van der Waals surface area contributed by atoms with E-state index in [4.69, 9.17) is 14.2 Å². The molecule has 1 aromatic rings. The zero-order chi connectivity index (χ0) is 20.9. The molecule has 1 aliphatic rings. The van der Waals surface area contributed by atoms with E-state index in [1.807, 2.05) is 0 Å². The average Bonchev–Trinajstić information content (AvgIpc) is 2.86. The number of amides is 4. The quantitative estimate of drug-likeness (QED) is 0.615. The number of hydrogen-bond donors (Lipinski definition) is 2. The Morgan fingerprint density at radius 1 is 1.11 bits per heavy atom. The lowest BCUT2D eigenvalue weighted by atomic mass is 10.1. The van der Waals surface area contributed by atoms with Crippen LogP contribution in [-0.4, -0.2) is 56.2 Å². The van der Waals surface area contributed by atoms with Gasteiger partial charge < -0.3 is 24.8 Å². The van der Waals surface area contributed by atoms with Crippen LogP contribution in [0.15, 0.2) is 12.1 Å². The average molecular weight is 393 g/mol. The maximum absolute atomic E-state index is 12.1. The van der Waals surface area contributed by atoms with Gasteiger partial charge in [-0.15, -0.1) is 0 Å². The molecular weight excluding hydrogens is 366 g/mol. The van der Waals surface area contributed by atoms with Crippen LogP contribution in [0.4, 0.5) is 4.79 Å². The fourth-order valence-electron chi connectivity index (χ4n) is 2.95. The van der Waals surface area contributed by atoms with Gasteiger partial charge in [0, 0.05) is 19.5 Å².